The zero-order valence-corrected chi connectivity index (χ0v) is 24.3. The average Bonchev–Trinajstić information content (AvgIpc) is 2.95. The Hall–Kier alpha value is -2.92. The number of anilines is 5. The van der Waals surface area contributed by atoms with E-state index in [2.05, 4.69) is 48.4 Å². The summed E-state index contributed by atoms with van der Waals surface area (Å²) in [5.41, 5.74) is 1.99. The summed E-state index contributed by atoms with van der Waals surface area (Å²) in [7, 11) is -0.684. The van der Waals surface area contributed by atoms with E-state index >= 15 is 0 Å². The van der Waals surface area contributed by atoms with Gasteiger partial charge in [0, 0.05) is 44.0 Å². The number of methoxy groups -OCH3 is 1. The van der Waals surface area contributed by atoms with Gasteiger partial charge in [-0.15, -0.1) is 0 Å². The molecular formula is C27H35ClN7O4P. The number of aromatic nitrogens is 2. The average molecular weight is 588 g/mol. The first kappa shape index (κ1) is 28.6. The van der Waals surface area contributed by atoms with Crippen molar-refractivity contribution in [3.8, 4) is 5.75 Å². The summed E-state index contributed by atoms with van der Waals surface area (Å²) in [5.74, 6) is 1.10. The second-order valence-electron chi connectivity index (χ2n) is 10.1. The molecule has 0 bridgehead atoms. The van der Waals surface area contributed by atoms with Crippen LogP contribution in [0.15, 0.2) is 48.7 Å². The summed E-state index contributed by atoms with van der Waals surface area (Å²) in [6.07, 6.45) is 3.90. The minimum Gasteiger partial charge on any atom is -0.494 e. The van der Waals surface area contributed by atoms with Gasteiger partial charge in [-0.1, -0.05) is 23.7 Å². The zero-order chi connectivity index (χ0) is 28.3. The first-order valence-corrected chi connectivity index (χ1v) is 15.3. The highest BCUT2D eigenvalue weighted by Crippen LogP contribution is 2.38. The molecule has 11 nitrogen and oxygen atoms in total. The number of benzene rings is 2. The lowest BCUT2D eigenvalue weighted by Crippen LogP contribution is -2.53. The number of likely N-dealkylation sites (tertiary alicyclic amines) is 1. The molecular weight excluding hydrogens is 553 g/mol. The van der Waals surface area contributed by atoms with Crippen molar-refractivity contribution in [2.75, 3.05) is 69.0 Å². The van der Waals surface area contributed by atoms with E-state index in [1.807, 2.05) is 12.1 Å². The fourth-order valence-electron chi connectivity index (χ4n) is 5.28. The molecule has 0 spiro atoms. The molecule has 0 amide bonds. The Bertz CT molecular complexity index is 1370. The lowest BCUT2D eigenvalue weighted by molar-refractivity contribution is 0.115. The first-order valence-electron chi connectivity index (χ1n) is 13.3. The second-order valence-corrected chi connectivity index (χ2v) is 12.1. The van der Waals surface area contributed by atoms with Gasteiger partial charge in [0.1, 0.15) is 10.8 Å². The molecule has 3 aromatic rings. The van der Waals surface area contributed by atoms with E-state index in [-0.39, 0.29) is 27.8 Å². The Labute approximate surface area is 239 Å². The van der Waals surface area contributed by atoms with Crippen LogP contribution in [0.5, 0.6) is 5.75 Å². The third-order valence-electron chi connectivity index (χ3n) is 7.53. The molecule has 5 rings (SSSR count). The molecule has 0 aliphatic carbocycles. The van der Waals surface area contributed by atoms with E-state index in [9.17, 15) is 14.4 Å². The standard InChI is InChI=1S/C27H35ClN7O4P/c1-33-11-9-19(10-12-33)34-13-15-35(16-14-34)20-7-8-22(24(17-20)39-2)31-27-29-18-21(28)26(32-27)30-23-5-3-4-6-25(23)40(36,37)38/h3-8,17-19H,9-16H2,1-2H3,(H2,36,37,38)(H2,29,30,31,32). The maximum Gasteiger partial charge on any atom is 0.358 e. The summed E-state index contributed by atoms with van der Waals surface area (Å²) in [6.45, 7) is 6.38. The summed E-state index contributed by atoms with van der Waals surface area (Å²) in [6, 6.07) is 12.8. The SMILES string of the molecule is COc1cc(N2CCN(C3CCN(C)CC3)CC2)ccc1Nc1ncc(Cl)c(Nc2ccccc2P(=O)(O)O)n1. The van der Waals surface area contributed by atoms with Crippen LogP contribution >= 0.6 is 19.2 Å². The van der Waals surface area contributed by atoms with E-state index < -0.39 is 7.60 Å². The van der Waals surface area contributed by atoms with Crippen molar-refractivity contribution in [1.82, 2.24) is 19.8 Å². The van der Waals surface area contributed by atoms with Crippen LogP contribution in [0.2, 0.25) is 5.02 Å². The molecule has 0 radical (unpaired) electrons. The van der Waals surface area contributed by atoms with Crippen LogP contribution in [0.25, 0.3) is 0 Å². The Morgan fingerprint density at radius 3 is 2.42 bits per heavy atom. The second kappa shape index (κ2) is 12.3. The number of nitrogens with one attached hydrogen (secondary N) is 2. The molecule has 2 fully saturated rings. The highest BCUT2D eigenvalue weighted by atomic mass is 35.5. The van der Waals surface area contributed by atoms with Crippen molar-refractivity contribution in [1.29, 1.82) is 0 Å². The van der Waals surface area contributed by atoms with Crippen molar-refractivity contribution in [2.24, 2.45) is 0 Å². The number of piperidine rings is 1. The minimum atomic E-state index is -4.50. The van der Waals surface area contributed by atoms with Gasteiger partial charge in [-0.2, -0.15) is 4.98 Å². The predicted octanol–water partition coefficient (Wildman–Crippen LogP) is 3.65. The highest BCUT2D eigenvalue weighted by Gasteiger charge is 2.27. The maximum absolute atomic E-state index is 11.9. The molecule has 0 saturated carbocycles. The van der Waals surface area contributed by atoms with Crippen LogP contribution in [0.3, 0.4) is 0 Å². The van der Waals surface area contributed by atoms with Crippen molar-refractivity contribution < 1.29 is 19.1 Å². The van der Waals surface area contributed by atoms with E-state index in [1.54, 1.807) is 25.3 Å². The summed E-state index contributed by atoms with van der Waals surface area (Å²) in [4.78, 5) is 35.5. The molecule has 40 heavy (non-hydrogen) atoms. The molecule has 2 saturated heterocycles. The van der Waals surface area contributed by atoms with E-state index in [1.165, 1.54) is 38.2 Å². The van der Waals surface area contributed by atoms with E-state index in [0.29, 0.717) is 17.5 Å². The smallest absolute Gasteiger partial charge is 0.358 e. The van der Waals surface area contributed by atoms with Gasteiger partial charge in [0.25, 0.3) is 0 Å². The number of hydrogen-bond donors (Lipinski definition) is 4. The predicted molar refractivity (Wildman–Crippen MR) is 159 cm³/mol. The topological polar surface area (TPSA) is 126 Å². The fourth-order valence-corrected chi connectivity index (χ4v) is 6.14. The number of halogens is 1. The molecule has 2 aliphatic rings. The maximum atomic E-state index is 11.9. The third kappa shape index (κ3) is 6.68. The molecule has 0 atom stereocenters. The Kier molecular flexibility index (Phi) is 8.80. The Balaban J connectivity index is 1.27. The lowest BCUT2D eigenvalue weighted by atomic mass is 10.0. The molecule has 3 heterocycles. The molecule has 2 aromatic carbocycles. The molecule has 2 aliphatic heterocycles. The largest absolute Gasteiger partial charge is 0.494 e. The molecule has 214 valence electrons. The van der Waals surface area contributed by atoms with Crippen LogP contribution in [-0.4, -0.2) is 89.0 Å². The molecule has 1 aromatic heterocycles. The number of piperazine rings is 1. The van der Waals surface area contributed by atoms with Crippen molar-refractivity contribution >= 4 is 53.3 Å². The zero-order valence-electron chi connectivity index (χ0n) is 22.6. The minimum absolute atomic E-state index is 0.149. The summed E-state index contributed by atoms with van der Waals surface area (Å²) in [5, 5.41) is 6.15. The van der Waals surface area contributed by atoms with Gasteiger partial charge in [0.2, 0.25) is 5.95 Å². The van der Waals surface area contributed by atoms with Gasteiger partial charge >= 0.3 is 7.60 Å². The van der Waals surface area contributed by atoms with E-state index in [0.717, 1.165) is 31.9 Å². The quantitative estimate of drug-likeness (QED) is 0.289. The van der Waals surface area contributed by atoms with Gasteiger partial charge in [0.05, 0.1) is 30.0 Å². The van der Waals surface area contributed by atoms with Crippen LogP contribution in [-0.2, 0) is 4.57 Å². The normalized spacial score (nSPS) is 17.6. The lowest BCUT2D eigenvalue weighted by Gasteiger charge is -2.43. The number of ether oxygens (including phenoxy) is 1. The van der Waals surface area contributed by atoms with Crippen molar-refractivity contribution in [2.45, 2.75) is 18.9 Å². The Morgan fingerprint density at radius 1 is 1.00 bits per heavy atom. The number of hydrogen-bond acceptors (Lipinski definition) is 9. The fraction of sp³-hybridized carbons (Fsp3) is 0.407. The van der Waals surface area contributed by atoms with Crippen molar-refractivity contribution in [3.63, 3.8) is 0 Å². The first-order chi connectivity index (χ1) is 19.2. The van der Waals surface area contributed by atoms with Crippen LogP contribution in [0.4, 0.5) is 28.8 Å². The van der Waals surface area contributed by atoms with E-state index in [4.69, 9.17) is 16.3 Å². The van der Waals surface area contributed by atoms with Gasteiger partial charge in [-0.25, -0.2) is 4.98 Å². The van der Waals surface area contributed by atoms with Crippen LogP contribution in [0.1, 0.15) is 12.8 Å². The number of rotatable bonds is 8. The Morgan fingerprint density at radius 2 is 1.73 bits per heavy atom. The van der Waals surface area contributed by atoms with Gasteiger partial charge < -0.3 is 35.0 Å². The third-order valence-corrected chi connectivity index (χ3v) is 8.82. The van der Waals surface area contributed by atoms with Crippen molar-refractivity contribution in [3.05, 3.63) is 53.7 Å². The molecule has 0 unspecified atom stereocenters. The van der Waals surface area contributed by atoms with Crippen LogP contribution in [0, 0.1) is 0 Å². The number of para-hydroxylation sites is 1. The summed E-state index contributed by atoms with van der Waals surface area (Å²) < 4.78 is 17.6. The molecule has 13 heteroatoms. The summed E-state index contributed by atoms with van der Waals surface area (Å²) >= 11 is 6.30. The number of nitrogens with zero attached hydrogens (tertiary/aromatic N) is 5. The van der Waals surface area contributed by atoms with Gasteiger partial charge in [0.15, 0.2) is 5.82 Å². The highest BCUT2D eigenvalue weighted by molar-refractivity contribution is 7.60. The monoisotopic (exact) mass is 587 g/mol. The molecule has 4 N–H and O–H groups in total. The van der Waals surface area contributed by atoms with Gasteiger partial charge in [-0.05, 0) is 57.2 Å². The van der Waals surface area contributed by atoms with Gasteiger partial charge in [-0.3, -0.25) is 9.46 Å². The van der Waals surface area contributed by atoms with Crippen LogP contribution < -0.4 is 25.6 Å².